The van der Waals surface area contributed by atoms with Gasteiger partial charge in [-0.3, -0.25) is 4.79 Å². The predicted molar refractivity (Wildman–Crippen MR) is 101 cm³/mol. The Labute approximate surface area is 159 Å². The number of furan rings is 1. The molecule has 7 heteroatoms. The van der Waals surface area contributed by atoms with Crippen LogP contribution in [0.1, 0.15) is 41.1 Å². The second-order valence-corrected chi connectivity index (χ2v) is 5.92. The third-order valence-corrected chi connectivity index (χ3v) is 4.27. The van der Waals surface area contributed by atoms with E-state index in [2.05, 4.69) is 0 Å². The Bertz CT molecular complexity index is 760. The Hall–Kier alpha value is -2.18. The van der Waals surface area contributed by atoms with Crippen LogP contribution < -0.4 is 15.2 Å². The van der Waals surface area contributed by atoms with Gasteiger partial charge in [-0.15, -0.1) is 12.4 Å². The minimum Gasteiger partial charge on any atom is -0.490 e. The van der Waals surface area contributed by atoms with Crippen LogP contribution in [0.2, 0.25) is 0 Å². The van der Waals surface area contributed by atoms with E-state index in [1.165, 1.54) is 11.8 Å². The van der Waals surface area contributed by atoms with Crippen molar-refractivity contribution in [3.8, 4) is 11.5 Å². The van der Waals surface area contributed by atoms with E-state index >= 15 is 0 Å². The highest BCUT2D eigenvalue weighted by molar-refractivity contribution is 5.94. The summed E-state index contributed by atoms with van der Waals surface area (Å²) in [6.45, 7) is 6.55. The van der Waals surface area contributed by atoms with Gasteiger partial charge >= 0.3 is 0 Å². The lowest BCUT2D eigenvalue weighted by atomic mass is 9.98. The first-order valence-corrected chi connectivity index (χ1v) is 8.64. The summed E-state index contributed by atoms with van der Waals surface area (Å²) in [5, 5.41) is 0. The van der Waals surface area contributed by atoms with Gasteiger partial charge < -0.3 is 24.5 Å². The Kier molecular flexibility index (Phi) is 6.94. The number of nitrogens with zero attached hydrogens (tertiary/aromatic N) is 1. The number of fused-ring (bicyclic) bond motifs is 1. The topological polar surface area (TPSA) is 77.9 Å². The molecule has 0 fully saturated rings. The molecule has 2 heterocycles. The zero-order chi connectivity index (χ0) is 17.8. The molecule has 0 aliphatic carbocycles. The van der Waals surface area contributed by atoms with Crippen LogP contribution in [0, 0.1) is 0 Å². The van der Waals surface area contributed by atoms with Gasteiger partial charge in [-0.05, 0) is 49.6 Å². The fraction of sp³-hybridized carbons (Fsp3) is 0.421. The molecule has 1 amide bonds. The van der Waals surface area contributed by atoms with Crippen molar-refractivity contribution in [2.45, 2.75) is 33.4 Å². The second kappa shape index (κ2) is 8.96. The molecule has 0 unspecified atom stereocenters. The number of halogens is 1. The van der Waals surface area contributed by atoms with E-state index in [4.69, 9.17) is 19.6 Å². The molecule has 1 aliphatic heterocycles. The molecule has 0 spiro atoms. The maximum Gasteiger partial charge on any atom is 0.257 e. The summed E-state index contributed by atoms with van der Waals surface area (Å²) in [6, 6.07) is 5.74. The lowest BCUT2D eigenvalue weighted by Gasteiger charge is -2.29. The van der Waals surface area contributed by atoms with Crippen molar-refractivity contribution in [3.05, 3.63) is 46.9 Å². The van der Waals surface area contributed by atoms with Gasteiger partial charge in [0, 0.05) is 13.1 Å². The molecule has 1 aromatic heterocycles. The number of ether oxygens (including phenoxy) is 2. The van der Waals surface area contributed by atoms with Crippen molar-refractivity contribution in [2.24, 2.45) is 5.73 Å². The van der Waals surface area contributed by atoms with Crippen LogP contribution in [-0.4, -0.2) is 30.6 Å². The number of carbonyl (C=O) groups is 1. The average molecular weight is 381 g/mol. The van der Waals surface area contributed by atoms with Gasteiger partial charge in [0.25, 0.3) is 5.91 Å². The average Bonchev–Trinajstić information content (AvgIpc) is 3.11. The molecule has 142 valence electrons. The zero-order valence-electron chi connectivity index (χ0n) is 15.1. The Morgan fingerprint density at radius 3 is 2.38 bits per heavy atom. The van der Waals surface area contributed by atoms with Gasteiger partial charge in [0.1, 0.15) is 12.0 Å². The Morgan fingerprint density at radius 1 is 1.15 bits per heavy atom. The lowest BCUT2D eigenvalue weighted by Crippen LogP contribution is -2.35. The summed E-state index contributed by atoms with van der Waals surface area (Å²) in [5.74, 6) is 2.07. The van der Waals surface area contributed by atoms with Crippen LogP contribution in [0.15, 0.2) is 28.9 Å². The van der Waals surface area contributed by atoms with E-state index in [0.29, 0.717) is 37.6 Å². The highest BCUT2D eigenvalue weighted by Crippen LogP contribution is 2.34. The minimum absolute atomic E-state index is 0. The standard InChI is InChI=1S/C19H24N2O4.ClH/c1-3-23-17-8-13-5-6-21(11-14(13)9-18(17)24-4-2)19(22)15-7-16(10-20)25-12-15;/h7-9,12H,3-6,10-11,20H2,1-2H3;1H. The van der Waals surface area contributed by atoms with E-state index in [9.17, 15) is 4.79 Å². The molecule has 6 nitrogen and oxygen atoms in total. The monoisotopic (exact) mass is 380 g/mol. The summed E-state index contributed by atoms with van der Waals surface area (Å²) in [5.41, 5.74) is 8.38. The first kappa shape index (κ1) is 20.1. The maximum absolute atomic E-state index is 12.7. The van der Waals surface area contributed by atoms with Gasteiger partial charge in [0.2, 0.25) is 0 Å². The van der Waals surface area contributed by atoms with Gasteiger partial charge in [0.05, 0.1) is 25.3 Å². The first-order valence-electron chi connectivity index (χ1n) is 8.64. The summed E-state index contributed by atoms with van der Waals surface area (Å²) >= 11 is 0. The molecule has 3 rings (SSSR count). The van der Waals surface area contributed by atoms with E-state index in [0.717, 1.165) is 23.5 Å². The van der Waals surface area contributed by atoms with Crippen LogP contribution in [0.4, 0.5) is 0 Å². The summed E-state index contributed by atoms with van der Waals surface area (Å²) in [4.78, 5) is 14.5. The summed E-state index contributed by atoms with van der Waals surface area (Å²) in [6.07, 6.45) is 2.26. The van der Waals surface area contributed by atoms with E-state index in [-0.39, 0.29) is 24.9 Å². The largest absolute Gasteiger partial charge is 0.490 e. The zero-order valence-corrected chi connectivity index (χ0v) is 15.9. The van der Waals surface area contributed by atoms with E-state index in [1.807, 2.05) is 30.9 Å². The fourth-order valence-electron chi connectivity index (χ4n) is 3.06. The quantitative estimate of drug-likeness (QED) is 0.832. The molecular formula is C19H25ClN2O4. The molecule has 2 aromatic rings. The van der Waals surface area contributed by atoms with Crippen LogP contribution in [-0.2, 0) is 19.5 Å². The molecule has 0 saturated carbocycles. The number of hydrogen-bond acceptors (Lipinski definition) is 5. The molecule has 2 N–H and O–H groups in total. The molecule has 26 heavy (non-hydrogen) atoms. The third-order valence-electron chi connectivity index (χ3n) is 4.27. The molecule has 0 radical (unpaired) electrons. The van der Waals surface area contributed by atoms with Crippen LogP contribution in [0.3, 0.4) is 0 Å². The van der Waals surface area contributed by atoms with Crippen LogP contribution in [0.5, 0.6) is 11.5 Å². The molecule has 1 aliphatic rings. The van der Waals surface area contributed by atoms with E-state index < -0.39 is 0 Å². The number of carbonyl (C=O) groups excluding carboxylic acids is 1. The Morgan fingerprint density at radius 2 is 1.81 bits per heavy atom. The number of hydrogen-bond donors (Lipinski definition) is 1. The molecule has 0 atom stereocenters. The van der Waals surface area contributed by atoms with Gasteiger partial charge in [-0.25, -0.2) is 0 Å². The molecule has 0 saturated heterocycles. The number of nitrogens with two attached hydrogens (primary N) is 1. The minimum atomic E-state index is -0.0408. The molecule has 1 aromatic carbocycles. The first-order chi connectivity index (χ1) is 12.2. The summed E-state index contributed by atoms with van der Waals surface area (Å²) in [7, 11) is 0. The van der Waals surface area contributed by atoms with Crippen molar-refractivity contribution in [1.82, 2.24) is 4.90 Å². The van der Waals surface area contributed by atoms with Crippen LogP contribution >= 0.6 is 12.4 Å². The third kappa shape index (κ3) is 4.14. The second-order valence-electron chi connectivity index (χ2n) is 5.92. The SMILES string of the molecule is CCOc1cc2c(cc1OCC)CN(C(=O)c1coc(CN)c1)CC2.Cl. The molecular weight excluding hydrogens is 356 g/mol. The Balaban J connectivity index is 0.00000243. The van der Waals surface area contributed by atoms with Crippen molar-refractivity contribution in [3.63, 3.8) is 0 Å². The predicted octanol–water partition coefficient (Wildman–Crippen LogP) is 3.16. The number of benzene rings is 1. The molecule has 0 bridgehead atoms. The number of rotatable bonds is 6. The van der Waals surface area contributed by atoms with Crippen molar-refractivity contribution in [1.29, 1.82) is 0 Å². The smallest absolute Gasteiger partial charge is 0.257 e. The van der Waals surface area contributed by atoms with Crippen molar-refractivity contribution >= 4 is 18.3 Å². The maximum atomic E-state index is 12.7. The number of amides is 1. The van der Waals surface area contributed by atoms with Crippen molar-refractivity contribution < 1.29 is 18.7 Å². The highest BCUT2D eigenvalue weighted by atomic mass is 35.5. The van der Waals surface area contributed by atoms with E-state index in [1.54, 1.807) is 6.07 Å². The highest BCUT2D eigenvalue weighted by Gasteiger charge is 2.24. The van der Waals surface area contributed by atoms with Crippen LogP contribution in [0.25, 0.3) is 0 Å². The summed E-state index contributed by atoms with van der Waals surface area (Å²) < 4.78 is 16.7. The normalized spacial score (nSPS) is 13.0. The fourth-order valence-corrected chi connectivity index (χ4v) is 3.06. The van der Waals surface area contributed by atoms with Gasteiger partial charge in [-0.2, -0.15) is 0 Å². The lowest BCUT2D eigenvalue weighted by molar-refractivity contribution is 0.0733. The van der Waals surface area contributed by atoms with Gasteiger partial charge in [-0.1, -0.05) is 0 Å². The van der Waals surface area contributed by atoms with Crippen molar-refractivity contribution in [2.75, 3.05) is 19.8 Å². The van der Waals surface area contributed by atoms with Gasteiger partial charge in [0.15, 0.2) is 11.5 Å².